The second-order valence-electron chi connectivity index (χ2n) is 4.76. The zero-order valence-corrected chi connectivity index (χ0v) is 11.8. The Morgan fingerprint density at radius 1 is 1.20 bits per heavy atom. The molecule has 1 fully saturated rings. The van der Waals surface area contributed by atoms with Gasteiger partial charge in [-0.05, 0) is 11.6 Å². The van der Waals surface area contributed by atoms with Crippen LogP contribution in [-0.2, 0) is 17.7 Å². The quantitative estimate of drug-likeness (QED) is 0.864. The lowest BCUT2D eigenvalue weighted by atomic mass is 10.1. The highest BCUT2D eigenvalue weighted by atomic mass is 35.5. The number of nitrogens with zero attached hydrogens (tertiary/aromatic N) is 3. The Kier molecular flexibility index (Phi) is 4.30. The third-order valence-corrected chi connectivity index (χ3v) is 3.65. The predicted molar refractivity (Wildman–Crippen MR) is 74.7 cm³/mol. The van der Waals surface area contributed by atoms with Gasteiger partial charge in [0.05, 0.1) is 19.8 Å². The summed E-state index contributed by atoms with van der Waals surface area (Å²) in [5.74, 6) is 1.32. The molecule has 3 rings (SSSR count). The second kappa shape index (κ2) is 6.35. The molecule has 6 heteroatoms. The smallest absolute Gasteiger partial charge is 0.240 e. The van der Waals surface area contributed by atoms with E-state index >= 15 is 0 Å². The number of ether oxygens (including phenoxy) is 1. The maximum atomic E-state index is 6.13. The minimum absolute atomic E-state index is 0.590. The van der Waals surface area contributed by atoms with Crippen LogP contribution < -0.4 is 0 Å². The average molecular weight is 294 g/mol. The van der Waals surface area contributed by atoms with E-state index in [9.17, 15) is 0 Å². The third kappa shape index (κ3) is 3.36. The molecule has 1 aromatic heterocycles. The summed E-state index contributed by atoms with van der Waals surface area (Å²) >= 11 is 6.13. The standard InChI is InChI=1S/C14H16ClN3O2/c15-12-4-2-1-3-11(12)9-13-16-14(20-17-13)10-18-5-7-19-8-6-18/h1-4H,5-10H2. The lowest BCUT2D eigenvalue weighted by Gasteiger charge is -2.24. The molecule has 0 radical (unpaired) electrons. The topological polar surface area (TPSA) is 51.4 Å². The largest absolute Gasteiger partial charge is 0.379 e. The number of benzene rings is 1. The lowest BCUT2D eigenvalue weighted by Crippen LogP contribution is -2.35. The van der Waals surface area contributed by atoms with Gasteiger partial charge in [0.25, 0.3) is 0 Å². The molecule has 0 bridgehead atoms. The molecule has 20 heavy (non-hydrogen) atoms. The highest BCUT2D eigenvalue weighted by molar-refractivity contribution is 6.31. The maximum absolute atomic E-state index is 6.13. The normalized spacial score (nSPS) is 16.4. The van der Waals surface area contributed by atoms with E-state index < -0.39 is 0 Å². The Morgan fingerprint density at radius 3 is 2.80 bits per heavy atom. The monoisotopic (exact) mass is 293 g/mol. The fraction of sp³-hybridized carbons (Fsp3) is 0.429. The van der Waals surface area contributed by atoms with E-state index in [2.05, 4.69) is 15.0 Å². The molecule has 5 nitrogen and oxygen atoms in total. The summed E-state index contributed by atoms with van der Waals surface area (Å²) in [6, 6.07) is 7.70. The molecule has 106 valence electrons. The summed E-state index contributed by atoms with van der Waals surface area (Å²) in [5, 5.41) is 4.74. The van der Waals surface area contributed by atoms with Crippen LogP contribution in [0.25, 0.3) is 0 Å². The molecule has 0 N–H and O–H groups in total. The van der Waals surface area contributed by atoms with Gasteiger partial charge in [0.2, 0.25) is 5.89 Å². The van der Waals surface area contributed by atoms with Crippen molar-refractivity contribution in [2.24, 2.45) is 0 Å². The molecule has 0 unspecified atom stereocenters. The van der Waals surface area contributed by atoms with Crippen molar-refractivity contribution in [2.45, 2.75) is 13.0 Å². The molecule has 2 heterocycles. The molecule has 2 aromatic rings. The molecule has 0 amide bonds. The van der Waals surface area contributed by atoms with Gasteiger partial charge in [-0.15, -0.1) is 0 Å². The van der Waals surface area contributed by atoms with Crippen molar-refractivity contribution < 1.29 is 9.26 Å². The number of hydrogen-bond acceptors (Lipinski definition) is 5. The molecular weight excluding hydrogens is 278 g/mol. The molecule has 0 saturated carbocycles. The van der Waals surface area contributed by atoms with Crippen LogP contribution in [0.2, 0.25) is 5.02 Å². The number of rotatable bonds is 4. The van der Waals surface area contributed by atoms with E-state index in [0.717, 1.165) is 36.9 Å². The number of hydrogen-bond donors (Lipinski definition) is 0. The first kappa shape index (κ1) is 13.5. The van der Waals surface area contributed by atoms with Crippen LogP contribution >= 0.6 is 11.6 Å². The summed E-state index contributed by atoms with van der Waals surface area (Å²) in [7, 11) is 0. The minimum Gasteiger partial charge on any atom is -0.379 e. The average Bonchev–Trinajstić information content (AvgIpc) is 2.90. The van der Waals surface area contributed by atoms with E-state index in [1.165, 1.54) is 0 Å². The first-order valence-electron chi connectivity index (χ1n) is 6.66. The van der Waals surface area contributed by atoms with Crippen molar-refractivity contribution in [3.05, 3.63) is 46.6 Å². The summed E-state index contributed by atoms with van der Waals surface area (Å²) in [6.45, 7) is 4.02. The summed E-state index contributed by atoms with van der Waals surface area (Å²) < 4.78 is 10.6. The number of aromatic nitrogens is 2. The van der Waals surface area contributed by atoms with Crippen molar-refractivity contribution in [1.29, 1.82) is 0 Å². The molecule has 0 spiro atoms. The molecule has 0 atom stereocenters. The maximum Gasteiger partial charge on any atom is 0.240 e. The van der Waals surface area contributed by atoms with Crippen molar-refractivity contribution >= 4 is 11.6 Å². The van der Waals surface area contributed by atoms with Gasteiger partial charge in [0.15, 0.2) is 5.82 Å². The van der Waals surface area contributed by atoms with Gasteiger partial charge in [0.1, 0.15) is 0 Å². The van der Waals surface area contributed by atoms with Gasteiger partial charge < -0.3 is 9.26 Å². The zero-order chi connectivity index (χ0) is 13.8. The van der Waals surface area contributed by atoms with Gasteiger partial charge in [-0.1, -0.05) is 35.0 Å². The fourth-order valence-electron chi connectivity index (χ4n) is 2.19. The Labute approximate surface area is 122 Å². The Morgan fingerprint density at radius 2 is 2.00 bits per heavy atom. The van der Waals surface area contributed by atoms with Crippen molar-refractivity contribution in [3.63, 3.8) is 0 Å². The van der Waals surface area contributed by atoms with E-state index in [0.29, 0.717) is 24.7 Å². The van der Waals surface area contributed by atoms with Gasteiger partial charge in [-0.25, -0.2) is 0 Å². The summed E-state index contributed by atoms with van der Waals surface area (Å²) in [6.07, 6.45) is 0.590. The van der Waals surface area contributed by atoms with Gasteiger partial charge in [-0.3, -0.25) is 4.90 Å². The molecule has 1 saturated heterocycles. The van der Waals surface area contributed by atoms with Gasteiger partial charge >= 0.3 is 0 Å². The van der Waals surface area contributed by atoms with Crippen molar-refractivity contribution in [3.8, 4) is 0 Å². The third-order valence-electron chi connectivity index (χ3n) is 3.28. The van der Waals surface area contributed by atoms with Crippen molar-refractivity contribution in [2.75, 3.05) is 26.3 Å². The highest BCUT2D eigenvalue weighted by Crippen LogP contribution is 2.17. The molecular formula is C14H16ClN3O2. The summed E-state index contributed by atoms with van der Waals surface area (Å²) in [4.78, 5) is 6.67. The van der Waals surface area contributed by atoms with E-state index in [4.69, 9.17) is 20.9 Å². The molecule has 0 aliphatic carbocycles. The number of morpholine rings is 1. The van der Waals surface area contributed by atoms with E-state index in [1.807, 2.05) is 24.3 Å². The van der Waals surface area contributed by atoms with Crippen LogP contribution in [0, 0.1) is 0 Å². The highest BCUT2D eigenvalue weighted by Gasteiger charge is 2.15. The van der Waals surface area contributed by atoms with Crippen LogP contribution in [0.4, 0.5) is 0 Å². The van der Waals surface area contributed by atoms with Crippen LogP contribution in [0.3, 0.4) is 0 Å². The van der Waals surface area contributed by atoms with Crippen LogP contribution in [0.15, 0.2) is 28.8 Å². The Balaban J connectivity index is 1.63. The molecule has 1 aliphatic rings. The van der Waals surface area contributed by atoms with Crippen LogP contribution in [0.1, 0.15) is 17.3 Å². The van der Waals surface area contributed by atoms with Crippen LogP contribution in [0.5, 0.6) is 0 Å². The van der Waals surface area contributed by atoms with E-state index in [1.54, 1.807) is 0 Å². The SMILES string of the molecule is Clc1ccccc1Cc1noc(CN2CCOCC2)n1. The Hall–Kier alpha value is -1.43. The minimum atomic E-state index is 0.590. The van der Waals surface area contributed by atoms with Gasteiger partial charge in [0, 0.05) is 24.5 Å². The van der Waals surface area contributed by atoms with Crippen LogP contribution in [-0.4, -0.2) is 41.3 Å². The fourth-order valence-corrected chi connectivity index (χ4v) is 2.39. The second-order valence-corrected chi connectivity index (χ2v) is 5.17. The first-order chi connectivity index (χ1) is 9.81. The summed E-state index contributed by atoms with van der Waals surface area (Å²) in [5.41, 5.74) is 1.01. The predicted octanol–water partition coefficient (Wildman–Crippen LogP) is 2.15. The zero-order valence-electron chi connectivity index (χ0n) is 11.1. The van der Waals surface area contributed by atoms with Crippen molar-refractivity contribution in [1.82, 2.24) is 15.0 Å². The Bertz CT molecular complexity index is 567. The first-order valence-corrected chi connectivity index (χ1v) is 7.04. The molecule has 1 aliphatic heterocycles. The number of halogens is 1. The van der Waals surface area contributed by atoms with Gasteiger partial charge in [-0.2, -0.15) is 4.98 Å². The molecule has 1 aromatic carbocycles. The lowest BCUT2D eigenvalue weighted by molar-refractivity contribution is 0.0297. The van der Waals surface area contributed by atoms with E-state index in [-0.39, 0.29) is 0 Å².